The van der Waals surface area contributed by atoms with Crippen LogP contribution in [0.4, 0.5) is 0 Å². The molecule has 7 heteroatoms. The van der Waals surface area contributed by atoms with Crippen molar-refractivity contribution in [1.29, 1.82) is 5.26 Å². The molecule has 0 aromatic heterocycles. The van der Waals surface area contributed by atoms with E-state index in [2.05, 4.69) is 5.43 Å². The molecule has 6 N–H and O–H groups in total. The number of hydrogen-bond donors (Lipinski definition) is 4. The highest BCUT2D eigenvalue weighted by Crippen LogP contribution is 2.25. The normalized spacial score (nSPS) is 11.3. The zero-order chi connectivity index (χ0) is 12.8. The number of carboxylic acids is 1. The summed E-state index contributed by atoms with van der Waals surface area (Å²) in [6.45, 7) is 0. The summed E-state index contributed by atoms with van der Waals surface area (Å²) in [5.74, 6) is 3.94. The molecule has 1 aromatic rings. The molecule has 6 nitrogen and oxygen atoms in total. The topological polar surface area (TPSA) is 125 Å². The Bertz CT molecular complexity index is 490. The molecule has 0 aliphatic carbocycles. The lowest BCUT2D eigenvalue weighted by molar-refractivity contribution is -0.132. The molecule has 0 bridgehead atoms. The average molecular weight is 250 g/mol. The summed E-state index contributed by atoms with van der Waals surface area (Å²) in [6, 6.07) is 8.57. The van der Waals surface area contributed by atoms with Gasteiger partial charge in [0.2, 0.25) is 0 Å². The average Bonchev–Trinajstić information content (AvgIpc) is 2.35. The van der Waals surface area contributed by atoms with Gasteiger partial charge in [-0.05, 0) is 24.3 Å². The number of carbonyl (C=O) groups is 1. The number of carboxylic acid groups (broad SMARTS) is 1. The largest absolute Gasteiger partial charge is 0.477 e. The van der Waals surface area contributed by atoms with Crippen LogP contribution in [0.5, 0.6) is 0 Å². The lowest BCUT2D eigenvalue weighted by Gasteiger charge is -2.07. The maximum Gasteiger partial charge on any atom is 0.354 e. The van der Waals surface area contributed by atoms with Gasteiger partial charge < -0.3 is 16.3 Å². The van der Waals surface area contributed by atoms with Crippen molar-refractivity contribution in [2.24, 2.45) is 11.6 Å². The summed E-state index contributed by atoms with van der Waals surface area (Å²) in [6.07, 6.45) is 0. The van der Waals surface area contributed by atoms with Crippen LogP contribution < -0.4 is 17.0 Å². The molecule has 0 atom stereocenters. The minimum Gasteiger partial charge on any atom is -0.477 e. The fraction of sp³-hybridized carbons (Fsp3) is 0. The van der Waals surface area contributed by atoms with Gasteiger partial charge in [0.1, 0.15) is 10.7 Å². The number of nitrogens with zero attached hydrogens (tertiary/aromatic N) is 1. The standard InChI is InChI=1S/C10H10N4O2S/c11-5-6-1-3-7(4-2-6)17-9(14-13)8(12)10(15)16/h1-4,14H,12-13H2,(H,15,16)/b9-8+. The Morgan fingerprint density at radius 2 is 2.00 bits per heavy atom. The van der Waals surface area contributed by atoms with Gasteiger partial charge in [-0.3, -0.25) is 0 Å². The Morgan fingerprint density at radius 1 is 1.41 bits per heavy atom. The van der Waals surface area contributed by atoms with E-state index in [1.54, 1.807) is 24.3 Å². The first-order valence-corrected chi connectivity index (χ1v) is 5.27. The highest BCUT2D eigenvalue weighted by Gasteiger charge is 2.11. The second kappa shape index (κ2) is 5.79. The van der Waals surface area contributed by atoms with Gasteiger partial charge in [-0.15, -0.1) is 0 Å². The maximum atomic E-state index is 10.7. The molecule has 0 amide bonds. The first-order valence-electron chi connectivity index (χ1n) is 4.46. The highest BCUT2D eigenvalue weighted by molar-refractivity contribution is 8.03. The fourth-order valence-corrected chi connectivity index (χ4v) is 1.74. The van der Waals surface area contributed by atoms with E-state index in [4.69, 9.17) is 21.9 Å². The summed E-state index contributed by atoms with van der Waals surface area (Å²) in [7, 11) is 0. The maximum absolute atomic E-state index is 10.7. The van der Waals surface area contributed by atoms with E-state index in [0.717, 1.165) is 16.7 Å². The Morgan fingerprint density at radius 3 is 2.41 bits per heavy atom. The third-order valence-electron chi connectivity index (χ3n) is 1.81. The SMILES string of the molecule is N#Cc1ccc(S/C(NN)=C(/N)C(=O)O)cc1. The first kappa shape index (κ1) is 12.9. The van der Waals surface area contributed by atoms with Crippen molar-refractivity contribution >= 4 is 17.7 Å². The number of nitrogens with two attached hydrogens (primary N) is 2. The van der Waals surface area contributed by atoms with Gasteiger partial charge in [0, 0.05) is 4.90 Å². The van der Waals surface area contributed by atoms with Crippen LogP contribution in [0.3, 0.4) is 0 Å². The van der Waals surface area contributed by atoms with E-state index in [9.17, 15) is 4.79 Å². The highest BCUT2D eigenvalue weighted by atomic mass is 32.2. The molecule has 0 radical (unpaired) electrons. The van der Waals surface area contributed by atoms with E-state index in [-0.39, 0.29) is 10.7 Å². The molecule has 0 saturated heterocycles. The van der Waals surface area contributed by atoms with E-state index in [1.807, 2.05) is 6.07 Å². The van der Waals surface area contributed by atoms with E-state index >= 15 is 0 Å². The van der Waals surface area contributed by atoms with Crippen molar-refractivity contribution in [3.8, 4) is 6.07 Å². The summed E-state index contributed by atoms with van der Waals surface area (Å²) in [5, 5.41) is 17.5. The molecule has 0 unspecified atom stereocenters. The van der Waals surface area contributed by atoms with Crippen LogP contribution in [-0.4, -0.2) is 11.1 Å². The van der Waals surface area contributed by atoms with Gasteiger partial charge in [-0.25, -0.2) is 10.6 Å². The molecule has 0 aliphatic heterocycles. The van der Waals surface area contributed by atoms with Crippen LogP contribution in [0.1, 0.15) is 5.56 Å². The molecule has 0 saturated carbocycles. The van der Waals surface area contributed by atoms with Crippen molar-refractivity contribution in [3.63, 3.8) is 0 Å². The van der Waals surface area contributed by atoms with Gasteiger partial charge in [-0.2, -0.15) is 5.26 Å². The molecule has 0 spiro atoms. The van der Waals surface area contributed by atoms with Crippen molar-refractivity contribution in [2.75, 3.05) is 0 Å². The Kier molecular flexibility index (Phi) is 4.39. The predicted molar refractivity (Wildman–Crippen MR) is 63.2 cm³/mol. The second-order valence-corrected chi connectivity index (χ2v) is 4.01. The molecule has 0 fully saturated rings. The smallest absolute Gasteiger partial charge is 0.354 e. The molecular formula is C10H10N4O2S. The molecule has 17 heavy (non-hydrogen) atoms. The first-order chi connectivity index (χ1) is 8.08. The lowest BCUT2D eigenvalue weighted by atomic mass is 10.2. The molecular weight excluding hydrogens is 240 g/mol. The van der Waals surface area contributed by atoms with E-state index < -0.39 is 5.97 Å². The molecule has 0 aliphatic rings. The van der Waals surface area contributed by atoms with Crippen molar-refractivity contribution in [3.05, 3.63) is 40.6 Å². The van der Waals surface area contributed by atoms with Gasteiger partial charge in [0.25, 0.3) is 0 Å². The number of hydrazine groups is 1. The van der Waals surface area contributed by atoms with Crippen molar-refractivity contribution < 1.29 is 9.90 Å². The number of nitrogens with one attached hydrogen (secondary N) is 1. The fourth-order valence-electron chi connectivity index (χ4n) is 0.975. The van der Waals surface area contributed by atoms with Crippen LogP contribution in [0.2, 0.25) is 0 Å². The summed E-state index contributed by atoms with van der Waals surface area (Å²) < 4.78 is 0. The predicted octanol–water partition coefficient (Wildman–Crippen LogP) is 0.326. The number of benzene rings is 1. The number of hydrogen-bond acceptors (Lipinski definition) is 6. The van der Waals surface area contributed by atoms with Gasteiger partial charge in [-0.1, -0.05) is 11.8 Å². The lowest BCUT2D eigenvalue weighted by Crippen LogP contribution is -2.26. The number of aliphatic carboxylic acids is 1. The number of nitriles is 1. The van der Waals surface area contributed by atoms with Crippen LogP contribution >= 0.6 is 11.8 Å². The molecule has 1 rings (SSSR count). The monoisotopic (exact) mass is 250 g/mol. The van der Waals surface area contributed by atoms with E-state index in [1.165, 1.54) is 0 Å². The molecule has 0 heterocycles. The van der Waals surface area contributed by atoms with Crippen LogP contribution in [0, 0.1) is 11.3 Å². The number of thioether (sulfide) groups is 1. The zero-order valence-electron chi connectivity index (χ0n) is 8.68. The van der Waals surface area contributed by atoms with Crippen LogP contribution in [0.15, 0.2) is 39.9 Å². The van der Waals surface area contributed by atoms with Crippen molar-refractivity contribution in [1.82, 2.24) is 5.43 Å². The minimum atomic E-state index is -1.25. The van der Waals surface area contributed by atoms with Gasteiger partial charge in [0.15, 0.2) is 0 Å². The summed E-state index contributed by atoms with van der Waals surface area (Å²) in [4.78, 5) is 11.4. The van der Waals surface area contributed by atoms with Gasteiger partial charge >= 0.3 is 5.97 Å². The molecule has 88 valence electrons. The Hall–Kier alpha value is -2.17. The van der Waals surface area contributed by atoms with Gasteiger partial charge in [0.05, 0.1) is 11.6 Å². The Balaban J connectivity index is 2.92. The Labute approximate surface area is 102 Å². The van der Waals surface area contributed by atoms with Crippen LogP contribution in [0.25, 0.3) is 0 Å². The number of rotatable bonds is 4. The quantitative estimate of drug-likeness (QED) is 0.262. The van der Waals surface area contributed by atoms with E-state index in [0.29, 0.717) is 5.56 Å². The third kappa shape index (κ3) is 3.41. The molecule has 1 aromatic carbocycles. The minimum absolute atomic E-state index is 0.141. The summed E-state index contributed by atoms with van der Waals surface area (Å²) in [5.41, 5.74) is 7.73. The van der Waals surface area contributed by atoms with Crippen LogP contribution in [-0.2, 0) is 4.79 Å². The van der Waals surface area contributed by atoms with Crippen molar-refractivity contribution in [2.45, 2.75) is 4.90 Å². The zero-order valence-corrected chi connectivity index (χ0v) is 9.49. The summed E-state index contributed by atoms with van der Waals surface area (Å²) >= 11 is 1.07. The third-order valence-corrected chi connectivity index (χ3v) is 2.86. The second-order valence-electron chi connectivity index (χ2n) is 2.93.